The lowest BCUT2D eigenvalue weighted by atomic mass is 10.0. The smallest absolute Gasteiger partial charge is 0.270 e. The maximum absolute atomic E-state index is 14.1. The molecule has 1 fully saturated rings. The molecule has 1 saturated carbocycles. The van der Waals surface area contributed by atoms with Crippen molar-refractivity contribution in [2.75, 3.05) is 0 Å². The molecule has 0 spiro atoms. The molecule has 0 atom stereocenters. The maximum atomic E-state index is 14.1. The molecule has 6 nitrogen and oxygen atoms in total. The number of halogens is 1. The fourth-order valence-corrected chi connectivity index (χ4v) is 4.13. The van der Waals surface area contributed by atoms with Crippen LogP contribution in [0.1, 0.15) is 42.9 Å². The van der Waals surface area contributed by atoms with E-state index >= 15 is 0 Å². The van der Waals surface area contributed by atoms with Crippen LogP contribution >= 0.6 is 0 Å². The molecular weight excluding hydrogens is 369 g/mol. The zero-order valence-electron chi connectivity index (χ0n) is 15.8. The molecule has 0 radical (unpaired) electrons. The van der Waals surface area contributed by atoms with Crippen molar-refractivity contribution in [1.82, 2.24) is 24.7 Å². The zero-order valence-corrected chi connectivity index (χ0v) is 15.8. The van der Waals surface area contributed by atoms with Crippen LogP contribution in [0.25, 0.3) is 22.4 Å². The summed E-state index contributed by atoms with van der Waals surface area (Å²) in [6.45, 7) is 0.248. The molecule has 146 valence electrons. The summed E-state index contributed by atoms with van der Waals surface area (Å²) < 4.78 is 15.8. The molecule has 1 aliphatic rings. The van der Waals surface area contributed by atoms with Gasteiger partial charge in [0, 0.05) is 23.1 Å². The van der Waals surface area contributed by atoms with Crippen LogP contribution < -0.4 is 5.56 Å². The fraction of sp³-hybridized carbons (Fsp3) is 0.273. The second kappa shape index (κ2) is 7.24. The van der Waals surface area contributed by atoms with E-state index in [1.54, 1.807) is 35.3 Å². The Bertz CT molecular complexity index is 1240. The minimum atomic E-state index is -0.287. The summed E-state index contributed by atoms with van der Waals surface area (Å²) >= 11 is 0. The van der Waals surface area contributed by atoms with Gasteiger partial charge in [-0.25, -0.2) is 14.1 Å². The molecule has 7 heteroatoms. The second-order valence-electron chi connectivity index (χ2n) is 7.46. The van der Waals surface area contributed by atoms with E-state index in [1.807, 2.05) is 12.1 Å². The lowest BCUT2D eigenvalue weighted by Gasteiger charge is -2.07. The number of aromatic nitrogens is 5. The van der Waals surface area contributed by atoms with Crippen molar-refractivity contribution in [3.8, 4) is 11.4 Å². The highest BCUT2D eigenvalue weighted by Gasteiger charge is 2.22. The van der Waals surface area contributed by atoms with Crippen molar-refractivity contribution in [1.29, 1.82) is 0 Å². The van der Waals surface area contributed by atoms with Gasteiger partial charge in [0.1, 0.15) is 17.2 Å². The Morgan fingerprint density at radius 3 is 2.72 bits per heavy atom. The van der Waals surface area contributed by atoms with E-state index in [0.29, 0.717) is 28.3 Å². The Morgan fingerprint density at radius 2 is 1.93 bits per heavy atom. The number of pyridine rings is 1. The first-order valence-electron chi connectivity index (χ1n) is 9.85. The quantitative estimate of drug-likeness (QED) is 0.572. The Kier molecular flexibility index (Phi) is 4.42. The summed E-state index contributed by atoms with van der Waals surface area (Å²) in [7, 11) is 0. The number of benzene rings is 1. The van der Waals surface area contributed by atoms with Gasteiger partial charge in [-0.3, -0.25) is 9.78 Å². The predicted octanol–water partition coefficient (Wildman–Crippen LogP) is 4.03. The first-order valence-corrected chi connectivity index (χ1v) is 9.85. The molecule has 3 aromatic heterocycles. The largest absolute Gasteiger partial charge is 0.318 e. The van der Waals surface area contributed by atoms with Crippen LogP contribution in [0.15, 0.2) is 53.6 Å². The lowest BCUT2D eigenvalue weighted by Crippen LogP contribution is -2.18. The van der Waals surface area contributed by atoms with Crippen LogP contribution in [-0.4, -0.2) is 24.7 Å². The highest BCUT2D eigenvalue weighted by atomic mass is 19.1. The zero-order chi connectivity index (χ0) is 19.8. The molecule has 0 amide bonds. The molecule has 1 aromatic carbocycles. The molecular formula is C22H20FN5O. The van der Waals surface area contributed by atoms with Crippen molar-refractivity contribution in [2.24, 2.45) is 0 Å². The predicted molar refractivity (Wildman–Crippen MR) is 108 cm³/mol. The van der Waals surface area contributed by atoms with Crippen molar-refractivity contribution in [3.05, 3.63) is 76.2 Å². The number of nitrogens with one attached hydrogen (secondary N) is 1. The van der Waals surface area contributed by atoms with Crippen LogP contribution in [0.2, 0.25) is 0 Å². The molecule has 0 unspecified atom stereocenters. The number of nitrogens with zero attached hydrogens (tertiary/aromatic N) is 4. The molecule has 0 saturated heterocycles. The fourth-order valence-electron chi connectivity index (χ4n) is 4.13. The summed E-state index contributed by atoms with van der Waals surface area (Å²) in [6.07, 6.45) is 7.67. The van der Waals surface area contributed by atoms with Gasteiger partial charge in [-0.15, -0.1) is 0 Å². The monoisotopic (exact) mass is 389 g/mol. The van der Waals surface area contributed by atoms with Gasteiger partial charge < -0.3 is 4.98 Å². The summed E-state index contributed by atoms with van der Waals surface area (Å²) in [5.41, 5.74) is 2.74. The topological polar surface area (TPSA) is 76.5 Å². The summed E-state index contributed by atoms with van der Waals surface area (Å²) in [6, 6.07) is 10.3. The third-order valence-electron chi connectivity index (χ3n) is 5.60. The third-order valence-corrected chi connectivity index (χ3v) is 5.60. The molecule has 4 aromatic rings. The average Bonchev–Trinajstić information content (AvgIpc) is 3.38. The highest BCUT2D eigenvalue weighted by molar-refractivity contribution is 5.89. The highest BCUT2D eigenvalue weighted by Crippen LogP contribution is 2.32. The van der Waals surface area contributed by atoms with E-state index in [1.165, 1.54) is 6.07 Å². The Labute approximate surface area is 166 Å². The van der Waals surface area contributed by atoms with E-state index in [0.717, 1.165) is 31.1 Å². The van der Waals surface area contributed by atoms with E-state index in [-0.39, 0.29) is 23.8 Å². The van der Waals surface area contributed by atoms with Crippen LogP contribution in [-0.2, 0) is 6.54 Å². The van der Waals surface area contributed by atoms with Gasteiger partial charge in [0.05, 0.1) is 18.4 Å². The minimum absolute atomic E-state index is 0.157. The van der Waals surface area contributed by atoms with Crippen LogP contribution in [0.3, 0.4) is 0 Å². The number of H-pyrrole nitrogens is 1. The van der Waals surface area contributed by atoms with Gasteiger partial charge in [-0.05, 0) is 31.0 Å². The molecule has 5 rings (SSSR count). The van der Waals surface area contributed by atoms with Gasteiger partial charge in [-0.1, -0.05) is 31.0 Å². The van der Waals surface area contributed by atoms with Gasteiger partial charge in [0.2, 0.25) is 0 Å². The lowest BCUT2D eigenvalue weighted by molar-refractivity contribution is 0.589. The Morgan fingerprint density at radius 1 is 1.10 bits per heavy atom. The number of fused-ring (bicyclic) bond motifs is 1. The van der Waals surface area contributed by atoms with Crippen LogP contribution in [0, 0.1) is 5.82 Å². The van der Waals surface area contributed by atoms with Gasteiger partial charge in [-0.2, -0.15) is 5.10 Å². The van der Waals surface area contributed by atoms with E-state index < -0.39 is 0 Å². The molecule has 1 N–H and O–H groups in total. The van der Waals surface area contributed by atoms with E-state index in [2.05, 4.69) is 20.1 Å². The number of hydrogen-bond donors (Lipinski definition) is 1. The van der Waals surface area contributed by atoms with Crippen LogP contribution in [0.4, 0.5) is 4.39 Å². The minimum Gasteiger partial charge on any atom is -0.318 e. The second-order valence-corrected chi connectivity index (χ2v) is 7.46. The van der Waals surface area contributed by atoms with Crippen molar-refractivity contribution >= 4 is 11.0 Å². The standard InChI is InChI=1S/C22H20FN5O/c23-17-10-4-3-8-15(17)13-28-21-16(9-5-11-24-21)20(27-28)18-12-25-19(22(29)26-18)14-6-1-2-7-14/h3-5,8-12,14H,1-2,6-7,13H2,(H,26,29). The molecule has 0 bridgehead atoms. The molecule has 1 aliphatic carbocycles. The van der Waals surface area contributed by atoms with E-state index in [9.17, 15) is 9.18 Å². The number of hydrogen-bond acceptors (Lipinski definition) is 4. The number of aromatic amines is 1. The molecule has 0 aliphatic heterocycles. The summed E-state index contributed by atoms with van der Waals surface area (Å²) in [5, 5.41) is 5.43. The summed E-state index contributed by atoms with van der Waals surface area (Å²) in [5.74, 6) is -0.0468. The van der Waals surface area contributed by atoms with Gasteiger partial charge >= 0.3 is 0 Å². The number of rotatable bonds is 4. The van der Waals surface area contributed by atoms with Crippen molar-refractivity contribution in [3.63, 3.8) is 0 Å². The van der Waals surface area contributed by atoms with Crippen LogP contribution in [0.5, 0.6) is 0 Å². The van der Waals surface area contributed by atoms with Gasteiger partial charge in [0.25, 0.3) is 5.56 Å². The normalized spacial score (nSPS) is 14.7. The molecule has 3 heterocycles. The SMILES string of the molecule is O=c1[nH]c(-c2nn(Cc3ccccc3F)c3ncccc23)cnc1C1CCCC1. The third kappa shape index (κ3) is 3.22. The summed E-state index contributed by atoms with van der Waals surface area (Å²) in [4.78, 5) is 24.5. The Balaban J connectivity index is 1.58. The first kappa shape index (κ1) is 17.7. The first-order chi connectivity index (χ1) is 14.2. The maximum Gasteiger partial charge on any atom is 0.270 e. The van der Waals surface area contributed by atoms with Crippen molar-refractivity contribution in [2.45, 2.75) is 38.1 Å². The van der Waals surface area contributed by atoms with E-state index in [4.69, 9.17) is 0 Å². The average molecular weight is 389 g/mol. The van der Waals surface area contributed by atoms with Gasteiger partial charge in [0.15, 0.2) is 5.65 Å². The Hall–Kier alpha value is -3.35. The van der Waals surface area contributed by atoms with Crippen molar-refractivity contribution < 1.29 is 4.39 Å². The molecule has 29 heavy (non-hydrogen) atoms.